The average molecular weight is 189 g/mol. The van der Waals surface area contributed by atoms with Crippen LogP contribution in [0.3, 0.4) is 0 Å². The number of hydrogen-bond donors (Lipinski definition) is 1. The molecule has 0 aliphatic rings. The smallest absolute Gasteiger partial charge is 0.175 e. The lowest BCUT2D eigenvalue weighted by atomic mass is 10.2. The molecule has 1 N–H and O–H groups in total. The molecule has 0 fully saturated rings. The molecule has 2 aromatic heterocycles. The number of carbonyl (C=O) groups excluding carboxylic acids is 1. The lowest BCUT2D eigenvalue weighted by Gasteiger charge is -1.93. The first-order chi connectivity index (χ1) is 6.75. The van der Waals surface area contributed by atoms with E-state index in [0.717, 1.165) is 11.5 Å². The molecular weight excluding hydrogens is 178 g/mol. The first-order valence-electron chi connectivity index (χ1n) is 4.47. The molecule has 2 aromatic rings. The molecule has 0 unspecified atom stereocenters. The number of nitrogens with one attached hydrogen (secondary N) is 1. The maximum absolute atomic E-state index is 11.0. The van der Waals surface area contributed by atoms with Crippen LogP contribution in [0.5, 0.6) is 0 Å². The monoisotopic (exact) mass is 189 g/mol. The summed E-state index contributed by atoms with van der Waals surface area (Å²) in [4.78, 5) is 14.0. The Bertz CT molecular complexity index is 426. The summed E-state index contributed by atoms with van der Waals surface area (Å²) in [7, 11) is 0. The fraction of sp³-hybridized carbons (Fsp3) is 0.182. The van der Waals surface area contributed by atoms with E-state index in [9.17, 15) is 4.79 Å². The van der Waals surface area contributed by atoms with Crippen molar-refractivity contribution in [2.75, 3.05) is 0 Å². The number of hydrogen-bond acceptors (Lipinski definition) is 2. The number of aromatic nitrogens is 1. The van der Waals surface area contributed by atoms with Crippen molar-refractivity contribution in [3.8, 4) is 0 Å². The van der Waals surface area contributed by atoms with Crippen LogP contribution in [0, 0.1) is 0 Å². The van der Waals surface area contributed by atoms with Gasteiger partial charge >= 0.3 is 0 Å². The van der Waals surface area contributed by atoms with Crippen LogP contribution in [0.1, 0.15) is 28.9 Å². The van der Waals surface area contributed by atoms with Gasteiger partial charge in [-0.05, 0) is 24.3 Å². The Morgan fingerprint density at radius 1 is 1.43 bits per heavy atom. The lowest BCUT2D eigenvalue weighted by molar-refractivity contribution is 0.101. The van der Waals surface area contributed by atoms with Gasteiger partial charge in [-0.1, -0.05) is 0 Å². The van der Waals surface area contributed by atoms with Crippen LogP contribution in [0.25, 0.3) is 0 Å². The van der Waals surface area contributed by atoms with Gasteiger partial charge in [0, 0.05) is 19.0 Å². The molecule has 0 atom stereocenters. The first kappa shape index (κ1) is 8.81. The average Bonchev–Trinajstić information content (AvgIpc) is 2.75. The minimum atomic E-state index is 0.0516. The van der Waals surface area contributed by atoms with Crippen LogP contribution >= 0.6 is 0 Å². The third-order valence-corrected chi connectivity index (χ3v) is 2.07. The molecule has 0 aromatic carbocycles. The first-order valence-corrected chi connectivity index (χ1v) is 4.47. The maximum atomic E-state index is 11.0. The van der Waals surface area contributed by atoms with Crippen LogP contribution in [0.2, 0.25) is 0 Å². The van der Waals surface area contributed by atoms with Crippen molar-refractivity contribution < 1.29 is 9.21 Å². The molecule has 3 nitrogen and oxygen atoms in total. The minimum absolute atomic E-state index is 0.0516. The minimum Gasteiger partial charge on any atom is -0.469 e. The van der Waals surface area contributed by atoms with Gasteiger partial charge < -0.3 is 9.40 Å². The van der Waals surface area contributed by atoms with Gasteiger partial charge in [0.05, 0.1) is 12.0 Å². The van der Waals surface area contributed by atoms with Crippen molar-refractivity contribution in [3.63, 3.8) is 0 Å². The van der Waals surface area contributed by atoms with Crippen molar-refractivity contribution in [1.82, 2.24) is 4.98 Å². The highest BCUT2D eigenvalue weighted by Gasteiger charge is 2.04. The summed E-state index contributed by atoms with van der Waals surface area (Å²) >= 11 is 0. The normalized spacial score (nSPS) is 10.4. The molecule has 0 saturated heterocycles. The summed E-state index contributed by atoms with van der Waals surface area (Å²) in [6.07, 6.45) is 2.34. The lowest BCUT2D eigenvalue weighted by Crippen LogP contribution is -1.93. The van der Waals surface area contributed by atoms with E-state index in [-0.39, 0.29) is 5.78 Å². The van der Waals surface area contributed by atoms with E-state index in [4.69, 9.17) is 4.42 Å². The van der Waals surface area contributed by atoms with Crippen LogP contribution in [0.4, 0.5) is 0 Å². The van der Waals surface area contributed by atoms with Gasteiger partial charge in [0.2, 0.25) is 0 Å². The molecule has 72 valence electrons. The molecule has 0 aliphatic heterocycles. The molecule has 0 radical (unpaired) electrons. The van der Waals surface area contributed by atoms with E-state index < -0.39 is 0 Å². The Morgan fingerprint density at radius 3 is 2.86 bits per heavy atom. The predicted octanol–water partition coefficient (Wildman–Crippen LogP) is 2.40. The van der Waals surface area contributed by atoms with Crippen LogP contribution in [-0.2, 0) is 6.42 Å². The number of aromatic amines is 1. The molecule has 3 heteroatoms. The highest BCUT2D eigenvalue weighted by atomic mass is 16.3. The van der Waals surface area contributed by atoms with Gasteiger partial charge in [0.1, 0.15) is 5.76 Å². The summed E-state index contributed by atoms with van der Waals surface area (Å²) < 4.78 is 5.20. The fourth-order valence-corrected chi connectivity index (χ4v) is 1.35. The highest BCUT2D eigenvalue weighted by molar-refractivity contribution is 5.92. The Balaban J connectivity index is 2.14. The largest absolute Gasteiger partial charge is 0.469 e. The fourth-order valence-electron chi connectivity index (χ4n) is 1.35. The second-order valence-electron chi connectivity index (χ2n) is 3.21. The zero-order valence-corrected chi connectivity index (χ0v) is 7.91. The number of furan rings is 1. The summed E-state index contributed by atoms with van der Waals surface area (Å²) in [6, 6.07) is 7.46. The Labute approximate surface area is 81.7 Å². The topological polar surface area (TPSA) is 46.0 Å². The highest BCUT2D eigenvalue weighted by Crippen LogP contribution is 2.10. The molecule has 0 spiro atoms. The van der Waals surface area contributed by atoms with Crippen molar-refractivity contribution in [2.24, 2.45) is 0 Å². The summed E-state index contributed by atoms with van der Waals surface area (Å²) in [5.41, 5.74) is 1.64. The summed E-state index contributed by atoms with van der Waals surface area (Å²) in [5, 5.41) is 0. The summed E-state index contributed by atoms with van der Waals surface area (Å²) in [6.45, 7) is 1.54. The van der Waals surface area contributed by atoms with Crippen molar-refractivity contribution in [2.45, 2.75) is 13.3 Å². The Morgan fingerprint density at radius 2 is 2.29 bits per heavy atom. The molecule has 0 saturated carbocycles. The van der Waals surface area contributed by atoms with E-state index in [2.05, 4.69) is 4.98 Å². The molecule has 2 heterocycles. The van der Waals surface area contributed by atoms with E-state index in [1.807, 2.05) is 18.2 Å². The zero-order chi connectivity index (χ0) is 9.97. The van der Waals surface area contributed by atoms with Gasteiger partial charge in [0.25, 0.3) is 0 Å². The van der Waals surface area contributed by atoms with E-state index in [1.54, 1.807) is 19.3 Å². The molecule has 2 rings (SSSR count). The van der Waals surface area contributed by atoms with Gasteiger partial charge in [-0.25, -0.2) is 0 Å². The van der Waals surface area contributed by atoms with Crippen molar-refractivity contribution in [3.05, 3.63) is 47.7 Å². The van der Waals surface area contributed by atoms with Crippen LogP contribution in [-0.4, -0.2) is 10.8 Å². The molecule has 0 aliphatic carbocycles. The molecule has 0 amide bonds. The number of rotatable bonds is 3. The predicted molar refractivity (Wildman–Crippen MR) is 52.3 cm³/mol. The number of H-pyrrole nitrogens is 1. The van der Waals surface area contributed by atoms with Gasteiger partial charge in [-0.2, -0.15) is 0 Å². The Kier molecular flexibility index (Phi) is 2.23. The molecular formula is C11H11NO2. The van der Waals surface area contributed by atoms with Crippen molar-refractivity contribution in [1.29, 1.82) is 0 Å². The molecule has 0 bridgehead atoms. The van der Waals surface area contributed by atoms with Crippen molar-refractivity contribution >= 4 is 5.78 Å². The quantitative estimate of drug-likeness (QED) is 0.753. The van der Waals surface area contributed by atoms with Crippen LogP contribution < -0.4 is 0 Å². The molecule has 14 heavy (non-hydrogen) atoms. The van der Waals surface area contributed by atoms with Gasteiger partial charge in [0.15, 0.2) is 5.78 Å². The van der Waals surface area contributed by atoms with E-state index in [1.165, 1.54) is 0 Å². The second kappa shape index (κ2) is 3.54. The number of carbonyl (C=O) groups is 1. The Hall–Kier alpha value is -1.77. The second-order valence-corrected chi connectivity index (χ2v) is 3.21. The number of ketones is 1. The van der Waals surface area contributed by atoms with Gasteiger partial charge in [-0.3, -0.25) is 4.79 Å². The third kappa shape index (κ3) is 1.76. The third-order valence-electron chi connectivity index (χ3n) is 2.07. The summed E-state index contributed by atoms with van der Waals surface area (Å²) in [5.74, 6) is 0.942. The maximum Gasteiger partial charge on any atom is 0.175 e. The number of Topliss-reactive ketones (excluding diaryl/α,β-unsaturated/α-hetero) is 1. The van der Waals surface area contributed by atoms with E-state index >= 15 is 0 Å². The SMILES string of the molecule is CC(=O)c1ccc(Cc2ccco2)[nH]1. The van der Waals surface area contributed by atoms with E-state index in [0.29, 0.717) is 12.1 Å². The zero-order valence-electron chi connectivity index (χ0n) is 7.91. The standard InChI is InChI=1S/C11H11NO2/c1-8(13)11-5-4-9(12-11)7-10-3-2-6-14-10/h2-6,12H,7H2,1H3. The van der Waals surface area contributed by atoms with Gasteiger partial charge in [-0.15, -0.1) is 0 Å². The van der Waals surface area contributed by atoms with Crippen LogP contribution in [0.15, 0.2) is 34.9 Å².